The molecular formula is C20H15F2N3O2. The molecule has 136 valence electrons. The largest absolute Gasteiger partial charge is 0.348 e. The summed E-state index contributed by atoms with van der Waals surface area (Å²) in [5.41, 5.74) is 1.15. The van der Waals surface area contributed by atoms with E-state index in [0.717, 1.165) is 17.7 Å². The van der Waals surface area contributed by atoms with Gasteiger partial charge < -0.3 is 10.6 Å². The Morgan fingerprint density at radius 3 is 2.41 bits per heavy atom. The number of anilines is 1. The number of carbonyl (C=O) groups excluding carboxylic acids is 2. The third kappa shape index (κ3) is 4.72. The average molecular weight is 367 g/mol. The molecular weight excluding hydrogens is 352 g/mol. The molecule has 0 spiro atoms. The maximum Gasteiger partial charge on any atom is 0.255 e. The quantitative estimate of drug-likeness (QED) is 0.725. The molecule has 0 saturated carbocycles. The Hall–Kier alpha value is -3.61. The van der Waals surface area contributed by atoms with Gasteiger partial charge in [0.1, 0.15) is 11.6 Å². The number of aromatic nitrogens is 1. The van der Waals surface area contributed by atoms with Gasteiger partial charge in [-0.3, -0.25) is 14.6 Å². The number of rotatable bonds is 5. The van der Waals surface area contributed by atoms with Crippen LogP contribution in [0.4, 0.5) is 14.5 Å². The van der Waals surface area contributed by atoms with Crippen LogP contribution < -0.4 is 10.6 Å². The van der Waals surface area contributed by atoms with Crippen molar-refractivity contribution in [3.63, 3.8) is 0 Å². The fourth-order valence-corrected chi connectivity index (χ4v) is 2.37. The van der Waals surface area contributed by atoms with E-state index in [-0.39, 0.29) is 22.7 Å². The molecule has 0 atom stereocenters. The topological polar surface area (TPSA) is 71.1 Å². The van der Waals surface area contributed by atoms with Crippen LogP contribution in [-0.4, -0.2) is 16.8 Å². The minimum Gasteiger partial charge on any atom is -0.348 e. The number of nitrogens with zero attached hydrogens (tertiary/aromatic N) is 1. The lowest BCUT2D eigenvalue weighted by atomic mass is 10.1. The van der Waals surface area contributed by atoms with Gasteiger partial charge in [0.15, 0.2) is 0 Å². The van der Waals surface area contributed by atoms with E-state index in [4.69, 9.17) is 0 Å². The van der Waals surface area contributed by atoms with Crippen molar-refractivity contribution in [1.29, 1.82) is 0 Å². The van der Waals surface area contributed by atoms with E-state index in [9.17, 15) is 18.4 Å². The van der Waals surface area contributed by atoms with Gasteiger partial charge in [-0.15, -0.1) is 0 Å². The van der Waals surface area contributed by atoms with Crippen molar-refractivity contribution in [1.82, 2.24) is 10.3 Å². The van der Waals surface area contributed by atoms with Crippen molar-refractivity contribution in [2.24, 2.45) is 0 Å². The summed E-state index contributed by atoms with van der Waals surface area (Å²) >= 11 is 0. The van der Waals surface area contributed by atoms with Crippen LogP contribution in [0.1, 0.15) is 26.3 Å². The smallest absolute Gasteiger partial charge is 0.255 e. The summed E-state index contributed by atoms with van der Waals surface area (Å²) in [6.45, 7) is 0.296. The van der Waals surface area contributed by atoms with E-state index in [2.05, 4.69) is 15.6 Å². The monoisotopic (exact) mass is 367 g/mol. The van der Waals surface area contributed by atoms with Crippen LogP contribution in [0.2, 0.25) is 0 Å². The summed E-state index contributed by atoms with van der Waals surface area (Å²) in [6, 6.07) is 12.5. The van der Waals surface area contributed by atoms with Crippen molar-refractivity contribution in [3.8, 4) is 0 Å². The summed E-state index contributed by atoms with van der Waals surface area (Å²) in [5.74, 6) is -2.59. The van der Waals surface area contributed by atoms with Crippen LogP contribution >= 0.6 is 0 Å². The summed E-state index contributed by atoms with van der Waals surface area (Å²) < 4.78 is 26.6. The number of amides is 2. The maximum absolute atomic E-state index is 13.7. The Morgan fingerprint density at radius 1 is 0.926 bits per heavy atom. The number of pyridine rings is 1. The molecule has 0 saturated heterocycles. The zero-order valence-electron chi connectivity index (χ0n) is 14.1. The molecule has 3 aromatic rings. The summed E-state index contributed by atoms with van der Waals surface area (Å²) in [6.07, 6.45) is 3.28. The van der Waals surface area contributed by atoms with Crippen molar-refractivity contribution in [2.75, 3.05) is 5.32 Å². The van der Waals surface area contributed by atoms with Gasteiger partial charge in [0.05, 0.1) is 5.69 Å². The first-order valence-electron chi connectivity index (χ1n) is 8.06. The van der Waals surface area contributed by atoms with Gasteiger partial charge >= 0.3 is 0 Å². The molecule has 7 heteroatoms. The fourth-order valence-electron chi connectivity index (χ4n) is 2.37. The second-order valence-corrected chi connectivity index (χ2v) is 5.70. The lowest BCUT2D eigenvalue weighted by Gasteiger charge is -2.09. The van der Waals surface area contributed by atoms with Crippen LogP contribution in [-0.2, 0) is 6.54 Å². The average Bonchev–Trinajstić information content (AvgIpc) is 2.69. The highest BCUT2D eigenvalue weighted by atomic mass is 19.1. The Bertz CT molecular complexity index is 978. The highest BCUT2D eigenvalue weighted by molar-refractivity contribution is 6.06. The maximum atomic E-state index is 13.7. The normalized spacial score (nSPS) is 10.3. The number of carbonyl (C=O) groups is 2. The summed E-state index contributed by atoms with van der Waals surface area (Å²) in [5, 5.41) is 5.09. The fraction of sp³-hybridized carbons (Fsp3) is 0.0500. The third-order valence-corrected chi connectivity index (χ3v) is 3.74. The van der Waals surface area contributed by atoms with Gasteiger partial charge in [0.25, 0.3) is 11.8 Å². The Morgan fingerprint density at radius 2 is 1.70 bits per heavy atom. The highest BCUT2D eigenvalue weighted by Crippen LogP contribution is 2.16. The Labute approximate surface area is 154 Å². The zero-order valence-corrected chi connectivity index (χ0v) is 14.1. The van der Waals surface area contributed by atoms with Gasteiger partial charge in [-0.2, -0.15) is 0 Å². The molecule has 0 unspecified atom stereocenters. The van der Waals surface area contributed by atoms with Crippen LogP contribution in [0.15, 0.2) is 67.0 Å². The molecule has 0 aliphatic rings. The number of halogens is 2. The van der Waals surface area contributed by atoms with Crippen LogP contribution in [0.5, 0.6) is 0 Å². The zero-order chi connectivity index (χ0) is 19.2. The predicted octanol–water partition coefficient (Wildman–Crippen LogP) is 3.54. The minimum absolute atomic E-state index is 0.146. The van der Waals surface area contributed by atoms with E-state index < -0.39 is 17.5 Å². The minimum atomic E-state index is -0.881. The van der Waals surface area contributed by atoms with Crippen molar-refractivity contribution in [3.05, 3.63) is 95.3 Å². The molecule has 27 heavy (non-hydrogen) atoms. The van der Waals surface area contributed by atoms with E-state index in [0.29, 0.717) is 12.6 Å². The second kappa shape index (κ2) is 8.18. The molecule has 1 aromatic heterocycles. The molecule has 2 aromatic carbocycles. The van der Waals surface area contributed by atoms with Crippen LogP contribution in [0.3, 0.4) is 0 Å². The number of hydrogen-bond donors (Lipinski definition) is 2. The van der Waals surface area contributed by atoms with E-state index in [1.807, 2.05) is 6.07 Å². The lowest BCUT2D eigenvalue weighted by molar-refractivity contribution is 0.0951. The van der Waals surface area contributed by atoms with Crippen molar-refractivity contribution in [2.45, 2.75) is 6.54 Å². The lowest BCUT2D eigenvalue weighted by Crippen LogP contribution is -2.23. The Kier molecular flexibility index (Phi) is 5.51. The predicted molar refractivity (Wildman–Crippen MR) is 96.2 cm³/mol. The van der Waals surface area contributed by atoms with Crippen molar-refractivity contribution >= 4 is 17.5 Å². The van der Waals surface area contributed by atoms with Gasteiger partial charge in [-0.1, -0.05) is 12.1 Å². The molecule has 5 nitrogen and oxygen atoms in total. The number of hydrogen-bond acceptors (Lipinski definition) is 3. The van der Waals surface area contributed by atoms with Gasteiger partial charge in [-0.05, 0) is 42.0 Å². The molecule has 0 aliphatic carbocycles. The van der Waals surface area contributed by atoms with E-state index in [1.54, 1.807) is 30.6 Å². The highest BCUT2D eigenvalue weighted by Gasteiger charge is 2.13. The standard InChI is InChI=1S/C20H15F2N3O2/c21-16-6-7-18(17(22)10-16)25-20(27)15-5-1-4-14(9-15)19(26)24-12-13-3-2-8-23-11-13/h1-11H,12H2,(H,24,26)(H,25,27). The molecule has 3 rings (SSSR count). The second-order valence-electron chi connectivity index (χ2n) is 5.70. The summed E-state index contributed by atoms with van der Waals surface area (Å²) in [7, 11) is 0. The molecule has 0 bridgehead atoms. The van der Waals surface area contributed by atoms with E-state index in [1.165, 1.54) is 12.1 Å². The number of nitrogens with one attached hydrogen (secondary N) is 2. The van der Waals surface area contributed by atoms with Crippen LogP contribution in [0.25, 0.3) is 0 Å². The SMILES string of the molecule is O=C(NCc1cccnc1)c1cccc(C(=O)Nc2ccc(F)cc2F)c1. The van der Waals surface area contributed by atoms with Gasteiger partial charge in [0.2, 0.25) is 0 Å². The molecule has 0 fully saturated rings. The first-order valence-corrected chi connectivity index (χ1v) is 8.06. The molecule has 1 heterocycles. The first-order chi connectivity index (χ1) is 13.0. The third-order valence-electron chi connectivity index (χ3n) is 3.74. The van der Waals surface area contributed by atoms with Crippen LogP contribution in [0, 0.1) is 11.6 Å². The van der Waals surface area contributed by atoms with E-state index >= 15 is 0 Å². The molecule has 2 amide bonds. The van der Waals surface area contributed by atoms with Crippen molar-refractivity contribution < 1.29 is 18.4 Å². The first kappa shape index (κ1) is 18.2. The number of benzene rings is 2. The molecule has 2 N–H and O–H groups in total. The van der Waals surface area contributed by atoms with Gasteiger partial charge in [0, 0.05) is 36.1 Å². The molecule has 0 aliphatic heterocycles. The Balaban J connectivity index is 1.68. The summed E-state index contributed by atoms with van der Waals surface area (Å²) in [4.78, 5) is 28.5. The molecule has 0 radical (unpaired) electrons. The van der Waals surface area contributed by atoms with Gasteiger partial charge in [-0.25, -0.2) is 8.78 Å².